The summed E-state index contributed by atoms with van der Waals surface area (Å²) in [6.07, 6.45) is 0.695. The summed E-state index contributed by atoms with van der Waals surface area (Å²) in [5, 5.41) is 13.6. The van der Waals surface area contributed by atoms with Gasteiger partial charge in [-0.15, -0.1) is 0 Å². The molecule has 1 unspecified atom stereocenters. The number of nitrogens with one attached hydrogen (secondary N) is 1. The molecule has 3 rings (SSSR count). The molecule has 0 saturated heterocycles. The SMILES string of the molecule is O=C(N/N=C/c1cc(Br)c(O)c(Br)c1)C1COc2ccccc2O1. The van der Waals surface area contributed by atoms with Gasteiger partial charge in [0.05, 0.1) is 15.2 Å². The smallest absolute Gasteiger partial charge is 0.284 e. The van der Waals surface area contributed by atoms with Crippen molar-refractivity contribution in [2.24, 2.45) is 5.10 Å². The number of hydrazone groups is 1. The molecule has 6 nitrogen and oxygen atoms in total. The third-order valence-corrected chi connectivity index (χ3v) is 4.44. The number of nitrogens with zero attached hydrogens (tertiary/aromatic N) is 1. The number of hydrogen-bond donors (Lipinski definition) is 2. The number of para-hydroxylation sites is 2. The summed E-state index contributed by atoms with van der Waals surface area (Å²) >= 11 is 6.46. The Morgan fingerprint density at radius 3 is 2.62 bits per heavy atom. The van der Waals surface area contributed by atoms with E-state index in [2.05, 4.69) is 42.4 Å². The summed E-state index contributed by atoms with van der Waals surface area (Å²) in [4.78, 5) is 12.1. The summed E-state index contributed by atoms with van der Waals surface area (Å²) in [6.45, 7) is 0.120. The van der Waals surface area contributed by atoms with Gasteiger partial charge in [0.2, 0.25) is 6.10 Å². The molecule has 2 N–H and O–H groups in total. The normalized spacial score (nSPS) is 16.2. The van der Waals surface area contributed by atoms with Gasteiger partial charge in [0.1, 0.15) is 12.4 Å². The van der Waals surface area contributed by atoms with Gasteiger partial charge >= 0.3 is 0 Å². The second-order valence-electron chi connectivity index (χ2n) is 4.93. The van der Waals surface area contributed by atoms with E-state index in [1.54, 1.807) is 30.3 Å². The molecular weight excluding hydrogens is 444 g/mol. The van der Waals surface area contributed by atoms with E-state index in [0.717, 1.165) is 0 Å². The number of phenols is 1. The van der Waals surface area contributed by atoms with Crippen LogP contribution >= 0.6 is 31.9 Å². The molecular formula is C16H12Br2N2O4. The number of aromatic hydroxyl groups is 1. The Labute approximate surface area is 154 Å². The van der Waals surface area contributed by atoms with Crippen molar-refractivity contribution < 1.29 is 19.4 Å². The van der Waals surface area contributed by atoms with Crippen molar-refractivity contribution in [2.75, 3.05) is 6.61 Å². The second-order valence-corrected chi connectivity index (χ2v) is 6.64. The standard InChI is InChI=1S/C16H12Br2N2O4/c17-10-5-9(6-11(18)15(10)21)7-19-20-16(22)14-8-23-12-3-1-2-4-13(12)24-14/h1-7,14,21H,8H2,(H,20,22)/b19-7+. The summed E-state index contributed by atoms with van der Waals surface area (Å²) in [7, 11) is 0. The molecule has 8 heteroatoms. The lowest BCUT2D eigenvalue weighted by Crippen LogP contribution is -2.42. The zero-order valence-corrected chi connectivity index (χ0v) is 15.4. The van der Waals surface area contributed by atoms with Gasteiger partial charge in [0.15, 0.2) is 11.5 Å². The topological polar surface area (TPSA) is 80.2 Å². The van der Waals surface area contributed by atoms with E-state index in [4.69, 9.17) is 9.47 Å². The van der Waals surface area contributed by atoms with Crippen molar-refractivity contribution in [3.8, 4) is 17.2 Å². The summed E-state index contributed by atoms with van der Waals surface area (Å²) in [6, 6.07) is 10.5. The van der Waals surface area contributed by atoms with Crippen LogP contribution in [0.2, 0.25) is 0 Å². The molecule has 0 aliphatic carbocycles. The lowest BCUT2D eigenvalue weighted by atomic mass is 10.2. The van der Waals surface area contributed by atoms with E-state index in [0.29, 0.717) is 26.0 Å². The molecule has 0 bridgehead atoms. The Kier molecular flexibility index (Phi) is 5.06. The number of rotatable bonds is 3. The van der Waals surface area contributed by atoms with Crippen LogP contribution in [0.4, 0.5) is 0 Å². The molecule has 0 fully saturated rings. The summed E-state index contributed by atoms with van der Waals surface area (Å²) < 4.78 is 12.1. The average molecular weight is 456 g/mol. The third kappa shape index (κ3) is 3.70. The Balaban J connectivity index is 1.62. The Hall–Kier alpha value is -2.06. The van der Waals surface area contributed by atoms with Crippen LogP contribution in [0.25, 0.3) is 0 Å². The highest BCUT2D eigenvalue weighted by Crippen LogP contribution is 2.33. The number of fused-ring (bicyclic) bond motifs is 1. The van der Waals surface area contributed by atoms with Crippen molar-refractivity contribution >= 4 is 44.0 Å². The predicted molar refractivity (Wildman–Crippen MR) is 95.6 cm³/mol. The fraction of sp³-hybridized carbons (Fsp3) is 0.125. The molecule has 2 aromatic carbocycles. The van der Waals surface area contributed by atoms with Gasteiger partial charge in [-0.25, -0.2) is 5.43 Å². The summed E-state index contributed by atoms with van der Waals surface area (Å²) in [5.41, 5.74) is 3.11. The Morgan fingerprint density at radius 2 is 1.92 bits per heavy atom. The first kappa shape index (κ1) is 16.8. The highest BCUT2D eigenvalue weighted by molar-refractivity contribution is 9.11. The molecule has 0 radical (unpaired) electrons. The van der Waals surface area contributed by atoms with E-state index in [-0.39, 0.29) is 12.4 Å². The van der Waals surface area contributed by atoms with E-state index < -0.39 is 12.0 Å². The van der Waals surface area contributed by atoms with Crippen LogP contribution in [0.3, 0.4) is 0 Å². The van der Waals surface area contributed by atoms with E-state index in [1.807, 2.05) is 6.07 Å². The number of hydrogen-bond acceptors (Lipinski definition) is 5. The molecule has 2 aromatic rings. The van der Waals surface area contributed by atoms with Crippen LogP contribution in [0, 0.1) is 0 Å². The fourth-order valence-electron chi connectivity index (χ4n) is 2.05. The molecule has 24 heavy (non-hydrogen) atoms. The van der Waals surface area contributed by atoms with Crippen LogP contribution in [-0.4, -0.2) is 29.9 Å². The zero-order valence-electron chi connectivity index (χ0n) is 12.2. The van der Waals surface area contributed by atoms with Crippen LogP contribution in [0.5, 0.6) is 17.2 Å². The number of carbonyl (C=O) groups excluding carboxylic acids is 1. The average Bonchev–Trinajstić information content (AvgIpc) is 2.59. The van der Waals surface area contributed by atoms with Gasteiger partial charge in [0, 0.05) is 0 Å². The van der Waals surface area contributed by atoms with E-state index in [1.165, 1.54) is 6.21 Å². The van der Waals surface area contributed by atoms with Crippen LogP contribution < -0.4 is 14.9 Å². The first-order valence-electron chi connectivity index (χ1n) is 6.94. The summed E-state index contributed by atoms with van der Waals surface area (Å²) in [5.74, 6) is 0.836. The van der Waals surface area contributed by atoms with Gasteiger partial charge in [-0.05, 0) is 61.7 Å². The van der Waals surface area contributed by atoms with Crippen molar-refractivity contribution in [2.45, 2.75) is 6.10 Å². The minimum Gasteiger partial charge on any atom is -0.506 e. The predicted octanol–water partition coefficient (Wildman–Crippen LogP) is 3.21. The van der Waals surface area contributed by atoms with Crippen LogP contribution in [0.15, 0.2) is 50.4 Å². The van der Waals surface area contributed by atoms with Crippen molar-refractivity contribution in [1.29, 1.82) is 0 Å². The Morgan fingerprint density at radius 1 is 1.25 bits per heavy atom. The maximum atomic E-state index is 12.1. The number of ether oxygens (including phenoxy) is 2. The molecule has 1 aliphatic heterocycles. The van der Waals surface area contributed by atoms with Crippen molar-refractivity contribution in [3.63, 3.8) is 0 Å². The fourth-order valence-corrected chi connectivity index (χ4v) is 3.27. The molecule has 124 valence electrons. The molecule has 0 spiro atoms. The minimum atomic E-state index is -0.768. The van der Waals surface area contributed by atoms with Gasteiger partial charge in [-0.3, -0.25) is 4.79 Å². The van der Waals surface area contributed by atoms with Gasteiger partial charge in [-0.1, -0.05) is 12.1 Å². The molecule has 1 aliphatic rings. The number of phenolic OH excluding ortho intramolecular Hbond substituents is 1. The second kappa shape index (κ2) is 7.23. The molecule has 0 aromatic heterocycles. The van der Waals surface area contributed by atoms with E-state index in [9.17, 15) is 9.90 Å². The number of carbonyl (C=O) groups is 1. The molecule has 1 heterocycles. The van der Waals surface area contributed by atoms with Gasteiger partial charge < -0.3 is 14.6 Å². The number of halogens is 2. The van der Waals surface area contributed by atoms with Gasteiger partial charge in [0.25, 0.3) is 5.91 Å². The molecule has 0 saturated carbocycles. The highest BCUT2D eigenvalue weighted by atomic mass is 79.9. The lowest BCUT2D eigenvalue weighted by Gasteiger charge is -2.24. The van der Waals surface area contributed by atoms with Crippen LogP contribution in [0.1, 0.15) is 5.56 Å². The van der Waals surface area contributed by atoms with Crippen LogP contribution in [-0.2, 0) is 4.79 Å². The minimum absolute atomic E-state index is 0.0996. The zero-order chi connectivity index (χ0) is 17.1. The number of benzene rings is 2. The molecule has 1 atom stereocenters. The highest BCUT2D eigenvalue weighted by Gasteiger charge is 2.26. The maximum Gasteiger partial charge on any atom is 0.284 e. The lowest BCUT2D eigenvalue weighted by molar-refractivity contribution is -0.130. The monoisotopic (exact) mass is 454 g/mol. The Bertz CT molecular complexity index is 787. The first-order valence-corrected chi connectivity index (χ1v) is 8.52. The quantitative estimate of drug-likeness (QED) is 0.550. The largest absolute Gasteiger partial charge is 0.506 e. The van der Waals surface area contributed by atoms with Crippen molar-refractivity contribution in [1.82, 2.24) is 5.43 Å². The van der Waals surface area contributed by atoms with Gasteiger partial charge in [-0.2, -0.15) is 5.10 Å². The first-order chi connectivity index (χ1) is 11.5. The van der Waals surface area contributed by atoms with E-state index >= 15 is 0 Å². The molecule has 1 amide bonds. The maximum absolute atomic E-state index is 12.1. The third-order valence-electron chi connectivity index (χ3n) is 3.23. The number of amides is 1. The van der Waals surface area contributed by atoms with Crippen molar-refractivity contribution in [3.05, 3.63) is 50.9 Å².